The van der Waals surface area contributed by atoms with Gasteiger partial charge in [0.25, 0.3) is 5.91 Å². The van der Waals surface area contributed by atoms with Gasteiger partial charge in [-0.1, -0.05) is 13.8 Å². The molecule has 8 heteroatoms. The zero-order valence-electron chi connectivity index (χ0n) is 11.3. The molecule has 0 unspecified atom stereocenters. The van der Waals surface area contributed by atoms with Crippen LogP contribution in [0.3, 0.4) is 0 Å². The van der Waals surface area contributed by atoms with E-state index in [0.717, 1.165) is 17.0 Å². The Labute approximate surface area is 123 Å². The van der Waals surface area contributed by atoms with Gasteiger partial charge in [-0.15, -0.1) is 11.3 Å². The zero-order valence-corrected chi connectivity index (χ0v) is 12.1. The minimum absolute atomic E-state index is 0.00407. The number of carbonyl (C=O) groups excluding carboxylic acids is 1. The number of carbonyl (C=O) groups is 1. The molecule has 2 rings (SSSR count). The van der Waals surface area contributed by atoms with E-state index in [2.05, 4.69) is 10.3 Å². The molecule has 0 aliphatic heterocycles. The molecule has 1 aromatic carbocycles. The van der Waals surface area contributed by atoms with Crippen LogP contribution in [0.5, 0.6) is 0 Å². The minimum atomic E-state index is -0.979. The summed E-state index contributed by atoms with van der Waals surface area (Å²) in [7, 11) is 0. The number of halogens is 1. The molecule has 0 aliphatic carbocycles. The number of anilines is 1. The smallest absolute Gasteiger partial charge is 0.298 e. The Morgan fingerprint density at radius 2 is 2.19 bits per heavy atom. The third-order valence-electron chi connectivity index (χ3n) is 2.72. The molecule has 2 aromatic rings. The van der Waals surface area contributed by atoms with Crippen molar-refractivity contribution in [3.8, 4) is 0 Å². The lowest BCUT2D eigenvalue weighted by atomic mass is 10.2. The molecule has 1 heterocycles. The van der Waals surface area contributed by atoms with Gasteiger partial charge in [0.15, 0.2) is 5.13 Å². The summed E-state index contributed by atoms with van der Waals surface area (Å²) in [6.45, 7) is 4.00. The van der Waals surface area contributed by atoms with Crippen LogP contribution in [-0.2, 0) is 0 Å². The maximum absolute atomic E-state index is 13.2. The van der Waals surface area contributed by atoms with Gasteiger partial charge in [0.05, 0.1) is 4.92 Å². The highest BCUT2D eigenvalue weighted by Gasteiger charge is 2.18. The number of nitrogens with zero attached hydrogens (tertiary/aromatic N) is 2. The standard InChI is InChI=1S/C13H12FN3O3S/c1-7(2)11-6-15-13(21-11)16-12(18)8-3-4-9(14)10(5-8)17(19)20/h3-7H,1-2H3,(H,15,16,18). The van der Waals surface area contributed by atoms with E-state index in [0.29, 0.717) is 11.0 Å². The number of amides is 1. The number of rotatable bonds is 4. The van der Waals surface area contributed by atoms with Gasteiger partial charge in [0, 0.05) is 22.7 Å². The number of thiazole rings is 1. The number of hydrogen-bond acceptors (Lipinski definition) is 5. The molecule has 6 nitrogen and oxygen atoms in total. The summed E-state index contributed by atoms with van der Waals surface area (Å²) in [6.07, 6.45) is 1.66. The first-order valence-corrected chi connectivity index (χ1v) is 6.91. The maximum Gasteiger partial charge on any atom is 0.305 e. The van der Waals surface area contributed by atoms with E-state index in [1.165, 1.54) is 17.4 Å². The van der Waals surface area contributed by atoms with Gasteiger partial charge in [-0.2, -0.15) is 4.39 Å². The molecule has 0 atom stereocenters. The van der Waals surface area contributed by atoms with Crippen LogP contribution in [0.2, 0.25) is 0 Å². The van der Waals surface area contributed by atoms with E-state index in [-0.39, 0.29) is 5.56 Å². The van der Waals surface area contributed by atoms with Crippen LogP contribution in [0.4, 0.5) is 15.2 Å². The quantitative estimate of drug-likeness (QED) is 0.691. The van der Waals surface area contributed by atoms with Crippen LogP contribution < -0.4 is 5.32 Å². The summed E-state index contributed by atoms with van der Waals surface area (Å²) in [6, 6.07) is 2.99. The Bertz CT molecular complexity index is 700. The summed E-state index contributed by atoms with van der Waals surface area (Å²) in [5.74, 6) is -1.25. The Balaban J connectivity index is 2.20. The highest BCUT2D eigenvalue weighted by atomic mass is 32.1. The average Bonchev–Trinajstić information content (AvgIpc) is 2.87. The predicted molar refractivity (Wildman–Crippen MR) is 77.2 cm³/mol. The second kappa shape index (κ2) is 5.96. The average molecular weight is 309 g/mol. The Hall–Kier alpha value is -2.35. The van der Waals surface area contributed by atoms with Crippen molar-refractivity contribution in [1.82, 2.24) is 4.98 Å². The van der Waals surface area contributed by atoms with E-state index in [4.69, 9.17) is 0 Å². The maximum atomic E-state index is 13.2. The zero-order chi connectivity index (χ0) is 15.6. The van der Waals surface area contributed by atoms with Crippen molar-refractivity contribution in [2.45, 2.75) is 19.8 Å². The molecule has 0 aliphatic rings. The normalized spacial score (nSPS) is 10.7. The van der Waals surface area contributed by atoms with Crippen molar-refractivity contribution in [3.63, 3.8) is 0 Å². The first-order chi connectivity index (χ1) is 9.88. The number of nitrogens with one attached hydrogen (secondary N) is 1. The number of hydrogen-bond donors (Lipinski definition) is 1. The molecule has 1 N–H and O–H groups in total. The largest absolute Gasteiger partial charge is 0.305 e. The summed E-state index contributed by atoms with van der Waals surface area (Å²) < 4.78 is 13.2. The van der Waals surface area contributed by atoms with Crippen LogP contribution in [0.25, 0.3) is 0 Å². The summed E-state index contributed by atoms with van der Waals surface area (Å²) in [5, 5.41) is 13.6. The van der Waals surface area contributed by atoms with Gasteiger partial charge < -0.3 is 0 Å². The first kappa shape index (κ1) is 15.0. The molecule has 0 bridgehead atoms. The third-order valence-corrected chi connectivity index (χ3v) is 3.93. The molecular weight excluding hydrogens is 297 g/mol. The molecule has 0 fully saturated rings. The fourth-order valence-electron chi connectivity index (χ4n) is 1.57. The van der Waals surface area contributed by atoms with Gasteiger partial charge in [0.1, 0.15) is 0 Å². The second-order valence-corrected chi connectivity index (χ2v) is 5.66. The summed E-state index contributed by atoms with van der Waals surface area (Å²) >= 11 is 1.33. The number of nitro groups is 1. The van der Waals surface area contributed by atoms with Crippen LogP contribution in [0, 0.1) is 15.9 Å². The van der Waals surface area contributed by atoms with Crippen LogP contribution >= 0.6 is 11.3 Å². The van der Waals surface area contributed by atoms with E-state index in [9.17, 15) is 19.3 Å². The van der Waals surface area contributed by atoms with Crippen molar-refractivity contribution in [2.75, 3.05) is 5.32 Å². The lowest BCUT2D eigenvalue weighted by molar-refractivity contribution is -0.387. The molecule has 0 saturated heterocycles. The van der Waals surface area contributed by atoms with Crippen molar-refractivity contribution < 1.29 is 14.1 Å². The van der Waals surface area contributed by atoms with Crippen molar-refractivity contribution in [2.24, 2.45) is 0 Å². The lowest BCUT2D eigenvalue weighted by Gasteiger charge is -2.02. The highest BCUT2D eigenvalue weighted by molar-refractivity contribution is 7.15. The van der Waals surface area contributed by atoms with Crippen molar-refractivity contribution >= 4 is 28.1 Å². The number of aromatic nitrogens is 1. The Morgan fingerprint density at radius 3 is 2.76 bits per heavy atom. The second-order valence-electron chi connectivity index (χ2n) is 4.60. The summed E-state index contributed by atoms with van der Waals surface area (Å²) in [5.41, 5.74) is -0.728. The summed E-state index contributed by atoms with van der Waals surface area (Å²) in [4.78, 5) is 26.8. The van der Waals surface area contributed by atoms with Crippen LogP contribution in [-0.4, -0.2) is 15.8 Å². The van der Waals surface area contributed by atoms with Gasteiger partial charge in [-0.05, 0) is 18.1 Å². The molecule has 21 heavy (non-hydrogen) atoms. The van der Waals surface area contributed by atoms with Crippen LogP contribution in [0.1, 0.15) is 35.0 Å². The first-order valence-electron chi connectivity index (χ1n) is 6.09. The molecule has 0 saturated carbocycles. The van der Waals surface area contributed by atoms with E-state index in [1.807, 2.05) is 13.8 Å². The third kappa shape index (κ3) is 3.40. The lowest BCUT2D eigenvalue weighted by Crippen LogP contribution is -2.12. The molecule has 1 amide bonds. The molecular formula is C13H12FN3O3S. The fraction of sp³-hybridized carbons (Fsp3) is 0.231. The SMILES string of the molecule is CC(C)c1cnc(NC(=O)c2ccc(F)c([N+](=O)[O-])c2)s1. The number of nitro benzene ring substituents is 1. The van der Waals surface area contributed by atoms with Gasteiger partial charge in [0.2, 0.25) is 5.82 Å². The molecule has 0 radical (unpaired) electrons. The van der Waals surface area contributed by atoms with Gasteiger partial charge in [-0.3, -0.25) is 20.2 Å². The molecule has 1 aromatic heterocycles. The van der Waals surface area contributed by atoms with E-state index in [1.54, 1.807) is 6.20 Å². The number of benzene rings is 1. The predicted octanol–water partition coefficient (Wildman–Crippen LogP) is 3.57. The fourth-order valence-corrected chi connectivity index (χ4v) is 2.39. The Kier molecular flexibility index (Phi) is 4.27. The van der Waals surface area contributed by atoms with Crippen LogP contribution in [0.15, 0.2) is 24.4 Å². The van der Waals surface area contributed by atoms with Crippen molar-refractivity contribution in [1.29, 1.82) is 0 Å². The molecule has 110 valence electrons. The molecule has 0 spiro atoms. The van der Waals surface area contributed by atoms with Crippen molar-refractivity contribution in [3.05, 3.63) is 50.8 Å². The Morgan fingerprint density at radius 1 is 1.48 bits per heavy atom. The monoisotopic (exact) mass is 309 g/mol. The van der Waals surface area contributed by atoms with E-state index >= 15 is 0 Å². The van der Waals surface area contributed by atoms with Gasteiger partial charge >= 0.3 is 5.69 Å². The highest BCUT2D eigenvalue weighted by Crippen LogP contribution is 2.26. The topological polar surface area (TPSA) is 85.1 Å². The van der Waals surface area contributed by atoms with E-state index < -0.39 is 22.3 Å². The van der Waals surface area contributed by atoms with Gasteiger partial charge in [-0.25, -0.2) is 4.98 Å². The minimum Gasteiger partial charge on any atom is -0.298 e.